The summed E-state index contributed by atoms with van der Waals surface area (Å²) in [6.45, 7) is 6.60. The maximum atomic E-state index is 13.7. The van der Waals surface area contributed by atoms with Gasteiger partial charge >= 0.3 is 0 Å². The molecule has 10 nitrogen and oxygen atoms in total. The van der Waals surface area contributed by atoms with Crippen LogP contribution in [0.3, 0.4) is 0 Å². The quantitative estimate of drug-likeness (QED) is 0.329. The molecule has 3 atom stereocenters. The summed E-state index contributed by atoms with van der Waals surface area (Å²) in [5.41, 5.74) is 2.61. The highest BCUT2D eigenvalue weighted by Crippen LogP contribution is 2.52. The van der Waals surface area contributed by atoms with E-state index in [4.69, 9.17) is 10.2 Å². The lowest BCUT2D eigenvalue weighted by Gasteiger charge is -2.45. The van der Waals surface area contributed by atoms with Crippen molar-refractivity contribution in [1.29, 1.82) is 0 Å². The van der Waals surface area contributed by atoms with Gasteiger partial charge in [-0.25, -0.2) is 0 Å². The highest BCUT2D eigenvalue weighted by atomic mass is 16.4. The van der Waals surface area contributed by atoms with Crippen LogP contribution in [0.1, 0.15) is 55.3 Å². The molecule has 200 valence electrons. The Morgan fingerprint density at radius 3 is 2.50 bits per heavy atom. The monoisotopic (exact) mass is 522 g/mol. The van der Waals surface area contributed by atoms with Gasteiger partial charge in [-0.15, -0.1) is 0 Å². The van der Waals surface area contributed by atoms with Gasteiger partial charge in [-0.05, 0) is 69.4 Å². The van der Waals surface area contributed by atoms with Crippen LogP contribution >= 0.6 is 0 Å². The SMILES string of the molecule is CC(C)(C)NCc1ccc(-c2ccc(O)c3c2C[C@H]2C[C@H]4CC(O)=C(C(N)=O)C(=O)[C@@]4(O)C(O)=C2C3=O)o1. The number of hydrogen-bond acceptors (Lipinski definition) is 9. The van der Waals surface area contributed by atoms with Crippen molar-refractivity contribution in [3.8, 4) is 17.1 Å². The Bertz CT molecular complexity index is 1460. The van der Waals surface area contributed by atoms with Crippen LogP contribution in [0, 0.1) is 11.8 Å². The van der Waals surface area contributed by atoms with Gasteiger partial charge in [-0.3, -0.25) is 14.4 Å². The number of benzene rings is 1. The van der Waals surface area contributed by atoms with Gasteiger partial charge in [0, 0.05) is 29.0 Å². The molecule has 0 saturated heterocycles. The van der Waals surface area contributed by atoms with Crippen molar-refractivity contribution in [2.45, 2.75) is 57.7 Å². The number of ketones is 2. The lowest BCUT2D eigenvalue weighted by Crippen LogP contribution is -2.57. The number of aliphatic hydroxyl groups is 3. The van der Waals surface area contributed by atoms with Crippen molar-refractivity contribution in [2.24, 2.45) is 17.6 Å². The Balaban J connectivity index is 1.58. The zero-order valence-corrected chi connectivity index (χ0v) is 21.3. The van der Waals surface area contributed by atoms with Gasteiger partial charge in [0.1, 0.15) is 34.4 Å². The number of carbonyl (C=O) groups is 3. The topological polar surface area (TPSA) is 183 Å². The molecule has 0 spiro atoms. The van der Waals surface area contributed by atoms with Crippen LogP contribution in [-0.4, -0.2) is 49.0 Å². The number of allylic oxidation sites excluding steroid dienone is 2. The summed E-state index contributed by atoms with van der Waals surface area (Å²) in [6, 6.07) is 6.63. The first-order chi connectivity index (χ1) is 17.7. The summed E-state index contributed by atoms with van der Waals surface area (Å²) < 4.78 is 6.04. The zero-order valence-electron chi connectivity index (χ0n) is 21.3. The molecule has 5 rings (SSSR count). The largest absolute Gasteiger partial charge is 0.511 e. The lowest BCUT2D eigenvalue weighted by molar-refractivity contribution is -0.144. The van der Waals surface area contributed by atoms with E-state index in [9.17, 15) is 34.8 Å². The molecule has 3 aliphatic carbocycles. The average molecular weight is 523 g/mol. The fourth-order valence-electron chi connectivity index (χ4n) is 5.82. The van der Waals surface area contributed by atoms with Gasteiger partial charge in [-0.1, -0.05) is 0 Å². The fraction of sp³-hybridized carbons (Fsp3) is 0.393. The molecule has 3 aliphatic rings. The third kappa shape index (κ3) is 3.83. The molecule has 0 radical (unpaired) electrons. The summed E-state index contributed by atoms with van der Waals surface area (Å²) in [5.74, 6) is -5.36. The molecule has 0 fully saturated rings. The molecule has 10 heteroatoms. The van der Waals surface area contributed by atoms with Crippen LogP contribution < -0.4 is 11.1 Å². The summed E-state index contributed by atoms with van der Waals surface area (Å²) in [7, 11) is 0. The minimum atomic E-state index is -2.58. The van der Waals surface area contributed by atoms with Crippen LogP contribution in [0.4, 0.5) is 0 Å². The molecule has 38 heavy (non-hydrogen) atoms. The van der Waals surface area contributed by atoms with E-state index in [1.807, 2.05) is 26.8 Å². The number of phenolic OH excluding ortho intramolecular Hbond substituents is 1. The molecule has 1 heterocycles. The summed E-state index contributed by atoms with van der Waals surface area (Å²) in [5, 5.41) is 46.8. The second-order valence-corrected chi connectivity index (χ2v) is 11.3. The van der Waals surface area contributed by atoms with Crippen molar-refractivity contribution in [2.75, 3.05) is 0 Å². The molecule has 0 aliphatic heterocycles. The normalized spacial score (nSPS) is 25.3. The Labute approximate surface area is 218 Å². The number of amides is 1. The number of carbonyl (C=O) groups excluding carboxylic acids is 3. The number of hydrogen-bond donors (Lipinski definition) is 6. The number of Topliss-reactive ketones (excluding diaryl/α,β-unsaturated/α-hetero) is 2. The fourth-order valence-corrected chi connectivity index (χ4v) is 5.82. The number of aliphatic hydroxyl groups excluding tert-OH is 2. The number of primary amides is 1. The average Bonchev–Trinajstić information content (AvgIpc) is 3.28. The van der Waals surface area contributed by atoms with Crippen molar-refractivity contribution in [3.05, 3.63) is 63.8 Å². The molecule has 2 aromatic rings. The number of furan rings is 1. The van der Waals surface area contributed by atoms with E-state index in [-0.39, 0.29) is 41.7 Å². The van der Waals surface area contributed by atoms with Gasteiger partial charge in [0.05, 0.1) is 12.1 Å². The van der Waals surface area contributed by atoms with E-state index in [1.165, 1.54) is 6.07 Å². The zero-order chi connectivity index (χ0) is 27.7. The van der Waals surface area contributed by atoms with Gasteiger partial charge in [0.25, 0.3) is 5.91 Å². The number of fused-ring (bicyclic) bond motifs is 3. The molecule has 1 aromatic heterocycles. The van der Waals surface area contributed by atoms with Crippen LogP contribution in [0.5, 0.6) is 5.75 Å². The predicted molar refractivity (Wildman–Crippen MR) is 135 cm³/mol. The number of nitrogens with one attached hydrogen (secondary N) is 1. The molecular weight excluding hydrogens is 492 g/mol. The predicted octanol–water partition coefficient (Wildman–Crippen LogP) is 2.73. The van der Waals surface area contributed by atoms with Crippen molar-refractivity contribution in [1.82, 2.24) is 5.32 Å². The minimum absolute atomic E-state index is 0.0510. The van der Waals surface area contributed by atoms with Crippen LogP contribution in [0.25, 0.3) is 11.3 Å². The van der Waals surface area contributed by atoms with Crippen LogP contribution in [0.2, 0.25) is 0 Å². The summed E-state index contributed by atoms with van der Waals surface area (Å²) >= 11 is 0. The molecule has 0 bridgehead atoms. The van der Waals surface area contributed by atoms with E-state index >= 15 is 0 Å². The van der Waals surface area contributed by atoms with Crippen LogP contribution in [-0.2, 0) is 22.6 Å². The molecule has 1 aromatic carbocycles. The first-order valence-corrected chi connectivity index (χ1v) is 12.4. The van der Waals surface area contributed by atoms with Crippen molar-refractivity contribution < 1.29 is 39.2 Å². The van der Waals surface area contributed by atoms with Crippen molar-refractivity contribution in [3.63, 3.8) is 0 Å². The van der Waals surface area contributed by atoms with Gasteiger partial charge in [0.2, 0.25) is 5.78 Å². The van der Waals surface area contributed by atoms with Crippen molar-refractivity contribution >= 4 is 17.5 Å². The smallest absolute Gasteiger partial charge is 0.255 e. The Kier molecular flexibility index (Phi) is 5.81. The van der Waals surface area contributed by atoms with E-state index in [0.717, 1.165) is 0 Å². The number of phenols is 1. The highest BCUT2D eigenvalue weighted by Gasteiger charge is 2.59. The van der Waals surface area contributed by atoms with E-state index in [1.54, 1.807) is 12.1 Å². The Morgan fingerprint density at radius 1 is 1.13 bits per heavy atom. The van der Waals surface area contributed by atoms with Gasteiger partial charge < -0.3 is 35.9 Å². The minimum Gasteiger partial charge on any atom is -0.511 e. The molecule has 1 amide bonds. The number of nitrogens with two attached hydrogens (primary N) is 1. The summed E-state index contributed by atoms with van der Waals surface area (Å²) in [4.78, 5) is 38.5. The standard InChI is InChI=1S/C28H30N2O8/c1-27(2,3)30-11-14-4-7-19(38-14)15-5-6-17(31)21-16(15)9-12-8-13-10-18(32)22(26(29)36)25(35)28(13,37)24(34)20(12)23(21)33/h4-7,12-13,30-32,34,37H,8-11H2,1-3H3,(H2,29,36)/t12-,13+,28+/m1/s1. The number of rotatable bonds is 4. The highest BCUT2D eigenvalue weighted by molar-refractivity contribution is 6.24. The van der Waals surface area contributed by atoms with Gasteiger partial charge in [-0.2, -0.15) is 0 Å². The first-order valence-electron chi connectivity index (χ1n) is 12.4. The van der Waals surface area contributed by atoms with E-state index in [2.05, 4.69) is 5.32 Å². The first kappa shape index (κ1) is 25.7. The molecular formula is C28H30N2O8. The third-order valence-corrected chi connectivity index (χ3v) is 7.67. The number of aromatic hydroxyl groups is 1. The maximum absolute atomic E-state index is 13.7. The maximum Gasteiger partial charge on any atom is 0.255 e. The second kappa shape index (κ2) is 8.57. The Morgan fingerprint density at radius 2 is 1.84 bits per heavy atom. The van der Waals surface area contributed by atoms with Crippen LogP contribution in [0.15, 0.2) is 51.3 Å². The van der Waals surface area contributed by atoms with E-state index < -0.39 is 52.0 Å². The lowest BCUT2D eigenvalue weighted by atomic mass is 9.60. The molecule has 0 unspecified atom stereocenters. The third-order valence-electron chi connectivity index (χ3n) is 7.67. The molecule has 7 N–H and O–H groups in total. The molecule has 0 saturated carbocycles. The Hall–Kier alpha value is -3.89. The summed E-state index contributed by atoms with van der Waals surface area (Å²) in [6.07, 6.45) is -0.00403. The van der Waals surface area contributed by atoms with Gasteiger partial charge in [0.15, 0.2) is 11.4 Å². The second-order valence-electron chi connectivity index (χ2n) is 11.3. The van der Waals surface area contributed by atoms with E-state index in [0.29, 0.717) is 29.2 Å².